The van der Waals surface area contributed by atoms with Crippen LogP contribution >= 0.6 is 11.3 Å². The van der Waals surface area contributed by atoms with Crippen LogP contribution in [0.25, 0.3) is 0 Å². The summed E-state index contributed by atoms with van der Waals surface area (Å²) >= 11 is 1.25. The van der Waals surface area contributed by atoms with Crippen LogP contribution in [-0.2, 0) is 21.2 Å². The molecule has 0 atom stereocenters. The number of piperazine rings is 1. The highest BCUT2D eigenvalue weighted by Crippen LogP contribution is 2.27. The Morgan fingerprint density at radius 1 is 1.04 bits per heavy atom. The molecule has 0 aliphatic carbocycles. The van der Waals surface area contributed by atoms with Crippen LogP contribution in [0.15, 0.2) is 16.3 Å². The first kappa shape index (κ1) is 20.8. The Morgan fingerprint density at radius 2 is 1.70 bits per heavy atom. The Hall–Kier alpha value is -0.960. The molecule has 1 amide bonds. The van der Waals surface area contributed by atoms with Gasteiger partial charge in [0.1, 0.15) is 4.21 Å². The van der Waals surface area contributed by atoms with Crippen LogP contribution in [0.1, 0.15) is 38.0 Å². The number of hydrogen-bond donors (Lipinski definition) is 0. The van der Waals surface area contributed by atoms with Crippen LogP contribution in [0, 0.1) is 5.92 Å². The summed E-state index contributed by atoms with van der Waals surface area (Å²) in [6, 6.07) is 3.46. The predicted octanol–water partition coefficient (Wildman–Crippen LogP) is 2.27. The van der Waals surface area contributed by atoms with Crippen molar-refractivity contribution in [2.75, 3.05) is 45.8 Å². The summed E-state index contributed by atoms with van der Waals surface area (Å²) in [5.41, 5.74) is 0. The molecule has 152 valence electrons. The van der Waals surface area contributed by atoms with E-state index < -0.39 is 10.0 Å². The molecule has 1 aromatic heterocycles. The Bertz CT molecular complexity index is 731. The minimum absolute atomic E-state index is 0.1000. The van der Waals surface area contributed by atoms with Crippen molar-refractivity contribution in [2.24, 2.45) is 5.92 Å². The van der Waals surface area contributed by atoms with Gasteiger partial charge in [0.05, 0.1) is 6.42 Å². The number of carbonyl (C=O) groups is 1. The highest BCUT2D eigenvalue weighted by atomic mass is 32.2. The Balaban J connectivity index is 1.55. The zero-order chi connectivity index (χ0) is 19.4. The van der Waals surface area contributed by atoms with Crippen molar-refractivity contribution in [1.29, 1.82) is 0 Å². The first-order valence-corrected chi connectivity index (χ1v) is 12.2. The van der Waals surface area contributed by atoms with Crippen molar-refractivity contribution >= 4 is 27.3 Å². The lowest BCUT2D eigenvalue weighted by molar-refractivity contribution is -0.132. The molecule has 2 aliphatic rings. The summed E-state index contributed by atoms with van der Waals surface area (Å²) in [5, 5.41) is 0. The second-order valence-electron chi connectivity index (χ2n) is 7.94. The van der Waals surface area contributed by atoms with E-state index in [1.807, 2.05) is 4.90 Å². The number of sulfonamides is 1. The lowest BCUT2D eigenvalue weighted by Gasteiger charge is -2.35. The van der Waals surface area contributed by atoms with Crippen molar-refractivity contribution in [3.8, 4) is 0 Å². The maximum Gasteiger partial charge on any atom is 0.252 e. The number of hydrogen-bond acceptors (Lipinski definition) is 5. The highest BCUT2D eigenvalue weighted by molar-refractivity contribution is 7.91. The van der Waals surface area contributed by atoms with Crippen molar-refractivity contribution < 1.29 is 13.2 Å². The van der Waals surface area contributed by atoms with E-state index in [0.717, 1.165) is 56.9 Å². The maximum atomic E-state index is 12.7. The average Bonchev–Trinajstić information content (AvgIpc) is 3.12. The van der Waals surface area contributed by atoms with E-state index in [4.69, 9.17) is 0 Å². The van der Waals surface area contributed by atoms with Gasteiger partial charge in [-0.1, -0.05) is 20.3 Å². The fourth-order valence-corrected chi connectivity index (χ4v) is 6.80. The van der Waals surface area contributed by atoms with E-state index in [0.29, 0.717) is 29.6 Å². The fourth-order valence-electron chi connectivity index (χ4n) is 3.78. The molecule has 2 aliphatic heterocycles. The molecule has 0 unspecified atom stereocenters. The second kappa shape index (κ2) is 9.03. The van der Waals surface area contributed by atoms with Crippen molar-refractivity contribution in [1.82, 2.24) is 14.1 Å². The smallest absolute Gasteiger partial charge is 0.252 e. The standard InChI is InChI=1S/C19H31N3O3S2/c1-16(2)15-20-10-12-21(13-11-20)18(23)14-17-6-7-19(26-17)27(24,25)22-8-4-3-5-9-22/h6-7,16H,3-5,8-15H2,1-2H3. The number of nitrogens with zero attached hydrogens (tertiary/aromatic N) is 3. The number of amides is 1. The first-order valence-electron chi connectivity index (χ1n) is 9.95. The molecule has 6 nitrogen and oxygen atoms in total. The molecular weight excluding hydrogens is 382 g/mol. The van der Waals surface area contributed by atoms with Crippen molar-refractivity contribution in [2.45, 2.75) is 43.7 Å². The van der Waals surface area contributed by atoms with Crippen molar-refractivity contribution in [3.63, 3.8) is 0 Å². The van der Waals surface area contributed by atoms with Gasteiger partial charge in [0.2, 0.25) is 5.91 Å². The van der Waals surface area contributed by atoms with Gasteiger partial charge >= 0.3 is 0 Å². The summed E-state index contributed by atoms with van der Waals surface area (Å²) in [4.78, 5) is 17.8. The van der Waals surface area contributed by atoms with Gasteiger partial charge in [0, 0.05) is 50.7 Å². The average molecular weight is 414 g/mol. The van der Waals surface area contributed by atoms with Gasteiger partial charge in [-0.3, -0.25) is 9.69 Å². The molecule has 0 N–H and O–H groups in total. The summed E-state index contributed by atoms with van der Waals surface area (Å²) in [6.07, 6.45) is 3.25. The van der Waals surface area contributed by atoms with Crippen LogP contribution in [0.4, 0.5) is 0 Å². The van der Waals surface area contributed by atoms with Gasteiger partial charge in [-0.05, 0) is 30.9 Å². The molecule has 2 fully saturated rings. The van der Waals surface area contributed by atoms with E-state index in [2.05, 4.69) is 18.7 Å². The molecule has 0 bridgehead atoms. The van der Waals surface area contributed by atoms with Gasteiger partial charge in [0.25, 0.3) is 10.0 Å². The minimum Gasteiger partial charge on any atom is -0.340 e. The first-order chi connectivity index (χ1) is 12.9. The lowest BCUT2D eigenvalue weighted by atomic mass is 10.2. The van der Waals surface area contributed by atoms with Crippen LogP contribution in [0.2, 0.25) is 0 Å². The van der Waals surface area contributed by atoms with E-state index in [-0.39, 0.29) is 5.91 Å². The summed E-state index contributed by atoms with van der Waals surface area (Å²) < 4.78 is 27.4. The number of rotatable bonds is 6. The molecule has 2 saturated heterocycles. The zero-order valence-electron chi connectivity index (χ0n) is 16.4. The monoisotopic (exact) mass is 413 g/mol. The largest absolute Gasteiger partial charge is 0.340 e. The number of piperidine rings is 1. The third-order valence-electron chi connectivity index (χ3n) is 5.22. The summed E-state index contributed by atoms with van der Waals surface area (Å²) in [7, 11) is -3.40. The SMILES string of the molecule is CC(C)CN1CCN(C(=O)Cc2ccc(S(=O)(=O)N3CCCCC3)s2)CC1. The Kier molecular flexibility index (Phi) is 6.94. The molecule has 0 aromatic carbocycles. The lowest BCUT2D eigenvalue weighted by Crippen LogP contribution is -2.49. The molecule has 3 heterocycles. The zero-order valence-corrected chi connectivity index (χ0v) is 18.0. The number of thiophene rings is 1. The number of carbonyl (C=O) groups excluding carboxylic acids is 1. The van der Waals surface area contributed by atoms with Gasteiger partial charge < -0.3 is 4.90 Å². The van der Waals surface area contributed by atoms with Crippen molar-refractivity contribution in [3.05, 3.63) is 17.0 Å². The predicted molar refractivity (Wildman–Crippen MR) is 108 cm³/mol. The quantitative estimate of drug-likeness (QED) is 0.718. The Morgan fingerprint density at radius 3 is 2.33 bits per heavy atom. The third kappa shape index (κ3) is 5.31. The summed E-state index contributed by atoms with van der Waals surface area (Å²) in [6.45, 7) is 10.1. The van der Waals surface area contributed by atoms with Crippen LogP contribution in [0.3, 0.4) is 0 Å². The molecule has 3 rings (SSSR count). The molecule has 1 aromatic rings. The molecule has 0 radical (unpaired) electrons. The highest BCUT2D eigenvalue weighted by Gasteiger charge is 2.28. The van der Waals surface area contributed by atoms with Gasteiger partial charge in [-0.15, -0.1) is 11.3 Å². The van der Waals surface area contributed by atoms with E-state index >= 15 is 0 Å². The third-order valence-corrected chi connectivity index (χ3v) is 8.67. The molecule has 0 saturated carbocycles. The van der Waals surface area contributed by atoms with E-state index in [1.165, 1.54) is 11.3 Å². The van der Waals surface area contributed by atoms with Gasteiger partial charge in [-0.25, -0.2) is 8.42 Å². The molecule has 0 spiro atoms. The second-order valence-corrected chi connectivity index (χ2v) is 11.3. The minimum atomic E-state index is -3.40. The van der Waals surface area contributed by atoms with E-state index in [1.54, 1.807) is 16.4 Å². The van der Waals surface area contributed by atoms with Gasteiger partial charge in [-0.2, -0.15) is 4.31 Å². The molecule has 8 heteroatoms. The molecular formula is C19H31N3O3S2. The van der Waals surface area contributed by atoms with E-state index in [9.17, 15) is 13.2 Å². The van der Waals surface area contributed by atoms with Crippen LogP contribution in [0.5, 0.6) is 0 Å². The molecule has 27 heavy (non-hydrogen) atoms. The topological polar surface area (TPSA) is 60.9 Å². The maximum absolute atomic E-state index is 12.7. The normalized spacial score (nSPS) is 20.3. The Labute approximate surface area is 167 Å². The summed E-state index contributed by atoms with van der Waals surface area (Å²) in [5.74, 6) is 0.738. The van der Waals surface area contributed by atoms with Gasteiger partial charge in [0.15, 0.2) is 0 Å². The fraction of sp³-hybridized carbons (Fsp3) is 0.737. The van der Waals surface area contributed by atoms with Crippen LogP contribution in [-0.4, -0.2) is 74.2 Å². The van der Waals surface area contributed by atoms with Crippen LogP contribution < -0.4 is 0 Å².